The number of nitro groups is 1. The van der Waals surface area contributed by atoms with Gasteiger partial charge < -0.3 is 9.64 Å². The average Bonchev–Trinajstić information content (AvgIpc) is 2.62. The molecule has 7 heteroatoms. The van der Waals surface area contributed by atoms with Gasteiger partial charge in [-0.15, -0.1) is 0 Å². The Balaban J connectivity index is 1.80. The molecule has 0 aliphatic rings. The van der Waals surface area contributed by atoms with E-state index in [2.05, 4.69) is 0 Å². The van der Waals surface area contributed by atoms with Crippen molar-refractivity contribution in [1.29, 1.82) is 0 Å². The highest BCUT2D eigenvalue weighted by atomic mass is 16.6. The molecule has 0 aliphatic carbocycles. The SMILES string of the molecule is CN(CCOc1ccccc1)CC(=O)N(C)c1ccc([N+](=O)[O-])cc1. The number of amides is 1. The number of hydrogen-bond acceptors (Lipinski definition) is 5. The lowest BCUT2D eigenvalue weighted by Crippen LogP contribution is -2.38. The molecule has 132 valence electrons. The van der Waals surface area contributed by atoms with Gasteiger partial charge in [0.2, 0.25) is 5.91 Å². The van der Waals surface area contributed by atoms with Crippen LogP contribution in [0.1, 0.15) is 0 Å². The van der Waals surface area contributed by atoms with Crippen LogP contribution in [0.3, 0.4) is 0 Å². The monoisotopic (exact) mass is 343 g/mol. The normalized spacial score (nSPS) is 10.5. The standard InChI is InChI=1S/C18H21N3O4/c1-19(12-13-25-17-6-4-3-5-7-17)14-18(22)20(2)15-8-10-16(11-9-15)21(23)24/h3-11H,12-14H2,1-2H3. The molecule has 2 aromatic carbocycles. The summed E-state index contributed by atoms with van der Waals surface area (Å²) >= 11 is 0. The Kier molecular flexibility index (Phi) is 6.47. The Morgan fingerprint density at radius 2 is 1.72 bits per heavy atom. The summed E-state index contributed by atoms with van der Waals surface area (Å²) in [6.07, 6.45) is 0. The molecule has 0 fully saturated rings. The van der Waals surface area contributed by atoms with Gasteiger partial charge in [0.1, 0.15) is 12.4 Å². The third kappa shape index (κ3) is 5.58. The van der Waals surface area contributed by atoms with E-state index in [1.165, 1.54) is 17.0 Å². The van der Waals surface area contributed by atoms with E-state index in [0.29, 0.717) is 18.8 Å². The molecule has 0 atom stereocenters. The minimum atomic E-state index is -0.466. The summed E-state index contributed by atoms with van der Waals surface area (Å²) < 4.78 is 5.61. The van der Waals surface area contributed by atoms with Gasteiger partial charge in [0, 0.05) is 31.4 Å². The molecule has 0 spiro atoms. The van der Waals surface area contributed by atoms with Gasteiger partial charge in [-0.3, -0.25) is 19.8 Å². The number of carbonyl (C=O) groups excluding carboxylic acids is 1. The van der Waals surface area contributed by atoms with Crippen molar-refractivity contribution in [3.8, 4) is 5.75 Å². The van der Waals surface area contributed by atoms with Crippen molar-refractivity contribution in [3.05, 3.63) is 64.7 Å². The van der Waals surface area contributed by atoms with Gasteiger partial charge >= 0.3 is 0 Å². The smallest absolute Gasteiger partial charge is 0.269 e. The predicted molar refractivity (Wildman–Crippen MR) is 95.9 cm³/mol. The first-order chi connectivity index (χ1) is 12.0. The lowest BCUT2D eigenvalue weighted by molar-refractivity contribution is -0.384. The topological polar surface area (TPSA) is 75.9 Å². The third-order valence-corrected chi connectivity index (χ3v) is 3.71. The Bertz CT molecular complexity index is 704. The van der Waals surface area contributed by atoms with Crippen molar-refractivity contribution < 1.29 is 14.5 Å². The first-order valence-electron chi connectivity index (χ1n) is 7.85. The lowest BCUT2D eigenvalue weighted by Gasteiger charge is -2.22. The highest BCUT2D eigenvalue weighted by Gasteiger charge is 2.14. The number of carbonyl (C=O) groups is 1. The molecule has 0 heterocycles. The molecular weight excluding hydrogens is 322 g/mol. The zero-order chi connectivity index (χ0) is 18.2. The zero-order valence-corrected chi connectivity index (χ0v) is 14.3. The molecule has 0 saturated carbocycles. The third-order valence-electron chi connectivity index (χ3n) is 3.71. The lowest BCUT2D eigenvalue weighted by atomic mass is 10.2. The number of hydrogen-bond donors (Lipinski definition) is 0. The van der Waals surface area contributed by atoms with Gasteiger partial charge in [-0.05, 0) is 31.3 Å². The molecule has 25 heavy (non-hydrogen) atoms. The Hall–Kier alpha value is -2.93. The van der Waals surface area contributed by atoms with E-state index >= 15 is 0 Å². The maximum atomic E-state index is 12.3. The van der Waals surface area contributed by atoms with E-state index in [1.54, 1.807) is 19.2 Å². The second kappa shape index (κ2) is 8.79. The Morgan fingerprint density at radius 3 is 2.32 bits per heavy atom. The van der Waals surface area contributed by atoms with Crippen molar-refractivity contribution in [2.24, 2.45) is 0 Å². The Labute approximate surface area is 146 Å². The summed E-state index contributed by atoms with van der Waals surface area (Å²) in [5, 5.41) is 10.7. The molecule has 0 radical (unpaired) electrons. The quantitative estimate of drug-likeness (QED) is 0.544. The van der Waals surface area contributed by atoms with E-state index in [9.17, 15) is 14.9 Å². The maximum absolute atomic E-state index is 12.3. The number of likely N-dealkylation sites (N-methyl/N-ethyl adjacent to an activating group) is 2. The van der Waals surface area contributed by atoms with Gasteiger partial charge in [0.05, 0.1) is 11.5 Å². The van der Waals surface area contributed by atoms with Crippen LogP contribution >= 0.6 is 0 Å². The number of nitro benzene ring substituents is 1. The zero-order valence-electron chi connectivity index (χ0n) is 14.3. The number of non-ortho nitro benzene ring substituents is 1. The fourth-order valence-electron chi connectivity index (χ4n) is 2.19. The second-order valence-electron chi connectivity index (χ2n) is 5.63. The summed E-state index contributed by atoms with van der Waals surface area (Å²) in [6, 6.07) is 15.4. The predicted octanol–water partition coefficient (Wildman–Crippen LogP) is 2.57. The molecular formula is C18H21N3O4. The summed E-state index contributed by atoms with van der Waals surface area (Å²) in [7, 11) is 3.49. The highest BCUT2D eigenvalue weighted by Crippen LogP contribution is 2.18. The summed E-state index contributed by atoms with van der Waals surface area (Å²) in [6.45, 7) is 1.31. The van der Waals surface area contributed by atoms with Gasteiger partial charge in [0.25, 0.3) is 5.69 Å². The number of anilines is 1. The second-order valence-corrected chi connectivity index (χ2v) is 5.63. The fourth-order valence-corrected chi connectivity index (χ4v) is 2.19. The van der Waals surface area contributed by atoms with E-state index in [1.807, 2.05) is 42.3 Å². The van der Waals surface area contributed by atoms with Crippen LogP contribution in [0.5, 0.6) is 5.75 Å². The Morgan fingerprint density at radius 1 is 1.08 bits per heavy atom. The number of para-hydroxylation sites is 1. The summed E-state index contributed by atoms with van der Waals surface area (Å²) in [4.78, 5) is 25.9. The molecule has 2 rings (SSSR count). The molecule has 0 aliphatic heterocycles. The first-order valence-corrected chi connectivity index (χ1v) is 7.85. The van der Waals surface area contributed by atoms with Crippen LogP contribution in [0, 0.1) is 10.1 Å². The van der Waals surface area contributed by atoms with Crippen LogP contribution in [-0.4, -0.2) is 49.5 Å². The van der Waals surface area contributed by atoms with Gasteiger partial charge in [-0.25, -0.2) is 0 Å². The van der Waals surface area contributed by atoms with E-state index in [4.69, 9.17) is 4.74 Å². The van der Waals surface area contributed by atoms with Crippen LogP contribution in [0.25, 0.3) is 0 Å². The van der Waals surface area contributed by atoms with Crippen LogP contribution in [0.2, 0.25) is 0 Å². The number of ether oxygens (including phenoxy) is 1. The number of nitrogens with zero attached hydrogens (tertiary/aromatic N) is 3. The van der Waals surface area contributed by atoms with Crippen LogP contribution in [-0.2, 0) is 4.79 Å². The largest absolute Gasteiger partial charge is 0.492 e. The van der Waals surface area contributed by atoms with Crippen LogP contribution in [0.15, 0.2) is 54.6 Å². The van der Waals surface area contributed by atoms with Gasteiger partial charge in [0.15, 0.2) is 0 Å². The number of rotatable bonds is 8. The van der Waals surface area contributed by atoms with Crippen LogP contribution in [0.4, 0.5) is 11.4 Å². The summed E-state index contributed by atoms with van der Waals surface area (Å²) in [5.74, 6) is 0.696. The van der Waals surface area contributed by atoms with Crippen molar-refractivity contribution in [2.45, 2.75) is 0 Å². The van der Waals surface area contributed by atoms with Crippen molar-refractivity contribution in [3.63, 3.8) is 0 Å². The maximum Gasteiger partial charge on any atom is 0.269 e. The minimum Gasteiger partial charge on any atom is -0.492 e. The first kappa shape index (κ1) is 18.4. The average molecular weight is 343 g/mol. The molecule has 2 aromatic rings. The molecule has 0 unspecified atom stereocenters. The van der Waals surface area contributed by atoms with E-state index < -0.39 is 4.92 Å². The van der Waals surface area contributed by atoms with Crippen LogP contribution < -0.4 is 9.64 Å². The molecule has 0 aromatic heterocycles. The van der Waals surface area contributed by atoms with Gasteiger partial charge in [-0.1, -0.05) is 18.2 Å². The fraction of sp³-hybridized carbons (Fsp3) is 0.278. The summed E-state index contributed by atoms with van der Waals surface area (Å²) in [5.41, 5.74) is 0.615. The van der Waals surface area contributed by atoms with E-state index in [0.717, 1.165) is 5.75 Å². The molecule has 1 amide bonds. The van der Waals surface area contributed by atoms with E-state index in [-0.39, 0.29) is 18.1 Å². The minimum absolute atomic E-state index is 0.000206. The van der Waals surface area contributed by atoms with Gasteiger partial charge in [-0.2, -0.15) is 0 Å². The highest BCUT2D eigenvalue weighted by molar-refractivity contribution is 5.94. The molecule has 0 saturated heterocycles. The molecule has 7 nitrogen and oxygen atoms in total. The molecule has 0 N–H and O–H groups in total. The van der Waals surface area contributed by atoms with Crippen molar-refractivity contribution >= 4 is 17.3 Å². The number of benzene rings is 2. The molecule has 0 bridgehead atoms. The van der Waals surface area contributed by atoms with Crippen molar-refractivity contribution in [1.82, 2.24) is 4.90 Å². The van der Waals surface area contributed by atoms with Crippen molar-refractivity contribution in [2.75, 3.05) is 38.7 Å².